The predicted molar refractivity (Wildman–Crippen MR) is 57.8 cm³/mol. The fourth-order valence-electron chi connectivity index (χ4n) is 1.28. The van der Waals surface area contributed by atoms with Crippen LogP contribution < -0.4 is 5.32 Å². The Balaban J connectivity index is 2.18. The third kappa shape index (κ3) is 2.08. The number of amides is 1. The standard InChI is InChI=1S/C11H10FN3O/c1-8-2-3-10(9(12)6-8)14-11(16)15-5-4-13-7-15/h2-7H,1H3,(H,14,16). The molecule has 1 N–H and O–H groups in total. The van der Waals surface area contributed by atoms with E-state index < -0.39 is 11.8 Å². The van der Waals surface area contributed by atoms with Crippen molar-refractivity contribution in [2.45, 2.75) is 6.92 Å². The highest BCUT2D eigenvalue weighted by Gasteiger charge is 2.07. The number of imidazole rings is 1. The quantitative estimate of drug-likeness (QED) is 0.800. The van der Waals surface area contributed by atoms with Crippen molar-refractivity contribution < 1.29 is 9.18 Å². The smallest absolute Gasteiger partial charge is 0.304 e. The minimum Gasteiger partial charge on any atom is -0.304 e. The van der Waals surface area contributed by atoms with E-state index in [0.717, 1.165) is 5.56 Å². The largest absolute Gasteiger partial charge is 0.331 e. The van der Waals surface area contributed by atoms with E-state index in [2.05, 4.69) is 10.3 Å². The zero-order valence-electron chi connectivity index (χ0n) is 8.64. The average molecular weight is 219 g/mol. The van der Waals surface area contributed by atoms with Crippen LogP contribution in [0.2, 0.25) is 0 Å². The van der Waals surface area contributed by atoms with E-state index >= 15 is 0 Å². The predicted octanol–water partition coefficient (Wildman–Crippen LogP) is 2.41. The van der Waals surface area contributed by atoms with E-state index in [1.165, 1.54) is 35.4 Å². The van der Waals surface area contributed by atoms with Gasteiger partial charge in [-0.05, 0) is 24.6 Å². The van der Waals surface area contributed by atoms with Gasteiger partial charge in [0.2, 0.25) is 0 Å². The van der Waals surface area contributed by atoms with Crippen LogP contribution in [0.5, 0.6) is 0 Å². The minimum absolute atomic E-state index is 0.157. The number of aryl methyl sites for hydroxylation is 1. The van der Waals surface area contributed by atoms with Gasteiger partial charge in [0, 0.05) is 12.4 Å². The topological polar surface area (TPSA) is 46.9 Å². The van der Waals surface area contributed by atoms with E-state index in [0.29, 0.717) is 0 Å². The Morgan fingerprint density at radius 2 is 2.31 bits per heavy atom. The van der Waals surface area contributed by atoms with Crippen molar-refractivity contribution >= 4 is 11.7 Å². The zero-order valence-corrected chi connectivity index (χ0v) is 8.64. The lowest BCUT2D eigenvalue weighted by Crippen LogP contribution is -2.18. The number of anilines is 1. The van der Waals surface area contributed by atoms with Crippen LogP contribution >= 0.6 is 0 Å². The maximum atomic E-state index is 13.4. The first kappa shape index (κ1) is 10.4. The summed E-state index contributed by atoms with van der Waals surface area (Å²) in [5, 5.41) is 2.45. The number of aromatic nitrogens is 2. The SMILES string of the molecule is Cc1ccc(NC(=O)n2ccnc2)c(F)c1. The maximum absolute atomic E-state index is 13.4. The highest BCUT2D eigenvalue weighted by molar-refractivity contribution is 5.90. The minimum atomic E-state index is -0.450. The van der Waals surface area contributed by atoms with E-state index in [-0.39, 0.29) is 5.69 Å². The van der Waals surface area contributed by atoms with E-state index in [9.17, 15) is 9.18 Å². The van der Waals surface area contributed by atoms with E-state index in [4.69, 9.17) is 0 Å². The monoisotopic (exact) mass is 219 g/mol. The number of halogens is 1. The number of hydrogen-bond acceptors (Lipinski definition) is 2. The van der Waals surface area contributed by atoms with Crippen LogP contribution in [0.3, 0.4) is 0 Å². The molecule has 0 radical (unpaired) electrons. The van der Waals surface area contributed by atoms with Gasteiger partial charge in [0.05, 0.1) is 5.69 Å². The van der Waals surface area contributed by atoms with Crippen molar-refractivity contribution in [3.05, 3.63) is 48.3 Å². The summed E-state index contributed by atoms with van der Waals surface area (Å²) in [5.41, 5.74) is 0.961. The third-order valence-electron chi connectivity index (χ3n) is 2.11. The molecule has 0 bridgehead atoms. The summed E-state index contributed by atoms with van der Waals surface area (Å²) in [6.45, 7) is 1.78. The molecule has 0 saturated carbocycles. The van der Waals surface area contributed by atoms with Crippen molar-refractivity contribution in [3.63, 3.8) is 0 Å². The molecule has 0 unspecified atom stereocenters. The molecule has 1 aromatic carbocycles. The fourth-order valence-corrected chi connectivity index (χ4v) is 1.28. The molecule has 16 heavy (non-hydrogen) atoms. The molecule has 0 atom stereocenters. The first-order valence-corrected chi connectivity index (χ1v) is 4.72. The highest BCUT2D eigenvalue weighted by Crippen LogP contribution is 2.15. The van der Waals surface area contributed by atoms with Crippen LogP contribution in [0.1, 0.15) is 5.56 Å². The zero-order chi connectivity index (χ0) is 11.5. The first-order valence-electron chi connectivity index (χ1n) is 4.72. The first-order chi connectivity index (χ1) is 7.66. The summed E-state index contributed by atoms with van der Waals surface area (Å²) in [6.07, 6.45) is 4.31. The molecule has 4 nitrogen and oxygen atoms in total. The Bertz CT molecular complexity index is 508. The van der Waals surface area contributed by atoms with Crippen LogP contribution in [0.25, 0.3) is 0 Å². The molecule has 1 heterocycles. The number of nitrogens with one attached hydrogen (secondary N) is 1. The fraction of sp³-hybridized carbons (Fsp3) is 0.0909. The Morgan fingerprint density at radius 3 is 2.94 bits per heavy atom. The summed E-state index contributed by atoms with van der Waals surface area (Å²) < 4.78 is 14.6. The van der Waals surface area contributed by atoms with Crippen molar-refractivity contribution in [2.24, 2.45) is 0 Å². The number of rotatable bonds is 1. The molecule has 0 aliphatic carbocycles. The van der Waals surface area contributed by atoms with Crippen LogP contribution in [0.15, 0.2) is 36.9 Å². The van der Waals surface area contributed by atoms with Crippen LogP contribution in [-0.2, 0) is 0 Å². The molecular weight excluding hydrogens is 209 g/mol. The Labute approximate surface area is 91.7 Å². The van der Waals surface area contributed by atoms with Gasteiger partial charge in [-0.25, -0.2) is 14.2 Å². The van der Waals surface area contributed by atoms with Gasteiger partial charge in [0.25, 0.3) is 0 Å². The average Bonchev–Trinajstić information content (AvgIpc) is 2.75. The molecule has 1 aromatic heterocycles. The molecule has 0 aliphatic rings. The van der Waals surface area contributed by atoms with Crippen LogP contribution in [0.4, 0.5) is 14.9 Å². The normalized spacial score (nSPS) is 10.1. The molecule has 0 spiro atoms. The van der Waals surface area contributed by atoms with Gasteiger partial charge in [0.1, 0.15) is 12.1 Å². The number of hydrogen-bond donors (Lipinski definition) is 1. The molecule has 1 amide bonds. The number of benzene rings is 1. The van der Waals surface area contributed by atoms with E-state index in [1.54, 1.807) is 13.0 Å². The molecule has 82 valence electrons. The molecular formula is C11H10FN3O. The lowest BCUT2D eigenvalue weighted by atomic mass is 10.2. The molecule has 5 heteroatoms. The molecule has 0 fully saturated rings. The van der Waals surface area contributed by atoms with Gasteiger partial charge in [-0.15, -0.1) is 0 Å². The second-order valence-corrected chi connectivity index (χ2v) is 3.38. The second-order valence-electron chi connectivity index (χ2n) is 3.38. The number of carbonyl (C=O) groups excluding carboxylic acids is 1. The second kappa shape index (κ2) is 4.14. The molecule has 2 aromatic rings. The van der Waals surface area contributed by atoms with Crippen LogP contribution in [-0.4, -0.2) is 15.6 Å². The van der Waals surface area contributed by atoms with Crippen molar-refractivity contribution in [1.82, 2.24) is 9.55 Å². The summed E-state index contributed by atoms with van der Waals surface area (Å²) in [7, 11) is 0. The van der Waals surface area contributed by atoms with Gasteiger partial charge in [-0.2, -0.15) is 0 Å². The van der Waals surface area contributed by atoms with Crippen molar-refractivity contribution in [1.29, 1.82) is 0 Å². The number of carbonyl (C=O) groups is 1. The van der Waals surface area contributed by atoms with Crippen molar-refractivity contribution in [2.75, 3.05) is 5.32 Å². The third-order valence-corrected chi connectivity index (χ3v) is 2.11. The summed E-state index contributed by atoms with van der Waals surface area (Å²) >= 11 is 0. The Morgan fingerprint density at radius 1 is 1.50 bits per heavy atom. The Hall–Kier alpha value is -2.17. The lowest BCUT2D eigenvalue weighted by Gasteiger charge is -2.06. The van der Waals surface area contributed by atoms with Crippen molar-refractivity contribution in [3.8, 4) is 0 Å². The summed E-state index contributed by atoms with van der Waals surface area (Å²) in [4.78, 5) is 15.3. The van der Waals surface area contributed by atoms with E-state index in [1.807, 2.05) is 0 Å². The summed E-state index contributed by atoms with van der Waals surface area (Å²) in [5.74, 6) is -0.450. The Kier molecular flexibility index (Phi) is 2.68. The van der Waals surface area contributed by atoms with Crippen LogP contribution in [0, 0.1) is 12.7 Å². The molecule has 0 aliphatic heterocycles. The molecule has 2 rings (SSSR count). The van der Waals surface area contributed by atoms with Gasteiger partial charge in [-0.1, -0.05) is 6.07 Å². The highest BCUT2D eigenvalue weighted by atomic mass is 19.1. The van der Waals surface area contributed by atoms with Gasteiger partial charge < -0.3 is 5.32 Å². The molecule has 0 saturated heterocycles. The maximum Gasteiger partial charge on any atom is 0.331 e. The lowest BCUT2D eigenvalue weighted by molar-refractivity contribution is 0.253. The van der Waals surface area contributed by atoms with Gasteiger partial charge in [0.15, 0.2) is 0 Å². The van der Waals surface area contributed by atoms with Gasteiger partial charge in [-0.3, -0.25) is 4.57 Å². The summed E-state index contributed by atoms with van der Waals surface area (Å²) in [6, 6.07) is 4.18. The number of nitrogens with zero attached hydrogens (tertiary/aromatic N) is 2. The van der Waals surface area contributed by atoms with Gasteiger partial charge >= 0.3 is 6.03 Å².